The Labute approximate surface area is 149 Å². The number of carbonyl (C=O) groups excluding carboxylic acids is 1. The van der Waals surface area contributed by atoms with Gasteiger partial charge in [0.25, 0.3) is 5.91 Å². The van der Waals surface area contributed by atoms with E-state index in [0.717, 1.165) is 18.6 Å². The average Bonchev–Trinajstić information content (AvgIpc) is 3.16. The van der Waals surface area contributed by atoms with Crippen LogP contribution in [0.3, 0.4) is 0 Å². The molecule has 25 heavy (non-hydrogen) atoms. The third kappa shape index (κ3) is 4.08. The van der Waals surface area contributed by atoms with Crippen LogP contribution in [-0.2, 0) is 14.8 Å². The summed E-state index contributed by atoms with van der Waals surface area (Å²) in [5.41, 5.74) is 0.550. The van der Waals surface area contributed by atoms with Crippen molar-refractivity contribution >= 4 is 21.6 Å². The molecule has 0 heterocycles. The topological polar surface area (TPSA) is 75.7 Å². The predicted molar refractivity (Wildman–Crippen MR) is 97.2 cm³/mol. The van der Waals surface area contributed by atoms with Gasteiger partial charge in [-0.2, -0.15) is 0 Å². The van der Waals surface area contributed by atoms with Crippen LogP contribution in [0.1, 0.15) is 32.6 Å². The second kappa shape index (κ2) is 6.86. The third-order valence-electron chi connectivity index (χ3n) is 5.45. The molecular formula is C18H26N2O4S. The highest BCUT2D eigenvalue weighted by atomic mass is 32.2. The van der Waals surface area contributed by atoms with Gasteiger partial charge < -0.3 is 10.1 Å². The molecule has 2 fully saturated rings. The first kappa shape index (κ1) is 18.0. The maximum Gasteiger partial charge on any atom is 0.261 e. The molecule has 0 aliphatic heterocycles. The van der Waals surface area contributed by atoms with Gasteiger partial charge in [0.15, 0.2) is 6.10 Å². The van der Waals surface area contributed by atoms with Crippen molar-refractivity contribution in [2.45, 2.75) is 44.8 Å². The van der Waals surface area contributed by atoms with Crippen LogP contribution in [0.4, 0.5) is 5.69 Å². The summed E-state index contributed by atoms with van der Waals surface area (Å²) in [6, 6.07) is 6.98. The van der Waals surface area contributed by atoms with Crippen LogP contribution in [0.15, 0.2) is 24.3 Å². The summed E-state index contributed by atoms with van der Waals surface area (Å²) in [4.78, 5) is 12.4. The van der Waals surface area contributed by atoms with E-state index in [-0.39, 0.29) is 5.91 Å². The van der Waals surface area contributed by atoms with Gasteiger partial charge in [0.2, 0.25) is 10.0 Å². The molecule has 1 amide bonds. The highest BCUT2D eigenvalue weighted by Gasteiger charge is 2.40. The molecule has 1 aromatic carbocycles. The van der Waals surface area contributed by atoms with Gasteiger partial charge in [0, 0.05) is 13.1 Å². The first-order valence-corrected chi connectivity index (χ1v) is 10.6. The molecule has 7 heteroatoms. The molecule has 2 aliphatic carbocycles. The highest BCUT2D eigenvalue weighted by molar-refractivity contribution is 7.92. The predicted octanol–water partition coefficient (Wildman–Crippen LogP) is 2.15. The van der Waals surface area contributed by atoms with Gasteiger partial charge in [0.1, 0.15) is 5.75 Å². The van der Waals surface area contributed by atoms with Crippen molar-refractivity contribution in [1.29, 1.82) is 0 Å². The maximum absolute atomic E-state index is 12.4. The fourth-order valence-corrected chi connectivity index (χ4v) is 4.41. The van der Waals surface area contributed by atoms with Gasteiger partial charge >= 0.3 is 0 Å². The monoisotopic (exact) mass is 366 g/mol. The molecule has 0 radical (unpaired) electrons. The number of nitrogens with zero attached hydrogens (tertiary/aromatic N) is 1. The number of amides is 1. The van der Waals surface area contributed by atoms with Gasteiger partial charge in [-0.3, -0.25) is 9.10 Å². The molecule has 138 valence electrons. The van der Waals surface area contributed by atoms with Crippen molar-refractivity contribution in [1.82, 2.24) is 5.32 Å². The van der Waals surface area contributed by atoms with E-state index in [9.17, 15) is 13.2 Å². The quantitative estimate of drug-likeness (QED) is 0.837. The number of carbonyl (C=O) groups is 1. The summed E-state index contributed by atoms with van der Waals surface area (Å²) in [5.74, 6) is 1.87. The van der Waals surface area contributed by atoms with Crippen LogP contribution in [0.2, 0.25) is 0 Å². The largest absolute Gasteiger partial charge is 0.481 e. The number of rotatable bonds is 6. The molecule has 1 aromatic rings. The molecule has 6 nitrogen and oxygen atoms in total. The van der Waals surface area contributed by atoms with Crippen LogP contribution >= 0.6 is 0 Å². The van der Waals surface area contributed by atoms with E-state index in [2.05, 4.69) is 5.32 Å². The van der Waals surface area contributed by atoms with Crippen molar-refractivity contribution in [3.63, 3.8) is 0 Å². The van der Waals surface area contributed by atoms with Gasteiger partial charge in [-0.1, -0.05) is 6.42 Å². The molecule has 0 spiro atoms. The molecule has 3 rings (SSSR count). The lowest BCUT2D eigenvalue weighted by Gasteiger charge is -2.25. The lowest BCUT2D eigenvalue weighted by atomic mass is 9.95. The second-order valence-electron chi connectivity index (χ2n) is 7.27. The van der Waals surface area contributed by atoms with Crippen LogP contribution in [-0.4, -0.2) is 39.8 Å². The zero-order valence-electron chi connectivity index (χ0n) is 14.9. The first-order valence-electron chi connectivity index (χ1n) is 8.75. The van der Waals surface area contributed by atoms with E-state index in [1.807, 2.05) is 0 Å². The molecule has 4 unspecified atom stereocenters. The fraction of sp³-hybridized carbons (Fsp3) is 0.611. The van der Waals surface area contributed by atoms with E-state index in [0.29, 0.717) is 23.4 Å². The summed E-state index contributed by atoms with van der Waals surface area (Å²) < 4.78 is 30.0. The number of benzene rings is 1. The minimum absolute atomic E-state index is 0.0881. The average molecular weight is 366 g/mol. The Morgan fingerprint density at radius 1 is 1.24 bits per heavy atom. The van der Waals surface area contributed by atoms with Gasteiger partial charge in [0.05, 0.1) is 11.9 Å². The number of sulfonamides is 1. The van der Waals surface area contributed by atoms with E-state index in [1.165, 1.54) is 30.6 Å². The summed E-state index contributed by atoms with van der Waals surface area (Å²) in [6.45, 7) is 1.74. The number of fused-ring (bicyclic) bond motifs is 2. The van der Waals surface area contributed by atoms with Crippen molar-refractivity contribution in [2.75, 3.05) is 17.6 Å². The summed E-state index contributed by atoms with van der Waals surface area (Å²) in [6.07, 6.45) is 5.43. The Morgan fingerprint density at radius 3 is 2.44 bits per heavy atom. The van der Waals surface area contributed by atoms with Gasteiger partial charge in [-0.05, 0) is 62.3 Å². The summed E-state index contributed by atoms with van der Waals surface area (Å²) >= 11 is 0. The molecule has 0 saturated heterocycles. The minimum atomic E-state index is -3.29. The molecule has 1 N–H and O–H groups in total. The molecule has 2 aliphatic rings. The van der Waals surface area contributed by atoms with Crippen molar-refractivity contribution in [3.05, 3.63) is 24.3 Å². The Balaban J connectivity index is 1.55. The molecule has 0 aromatic heterocycles. The smallest absolute Gasteiger partial charge is 0.261 e. The number of hydrogen-bond acceptors (Lipinski definition) is 4. The molecule has 2 saturated carbocycles. The normalized spacial score (nSPS) is 26.3. The number of hydrogen-bond donors (Lipinski definition) is 1. The van der Waals surface area contributed by atoms with E-state index in [1.54, 1.807) is 31.2 Å². The van der Waals surface area contributed by atoms with Crippen LogP contribution in [0.25, 0.3) is 0 Å². The number of nitrogens with one attached hydrogen (secondary N) is 1. The zero-order valence-corrected chi connectivity index (χ0v) is 15.8. The Morgan fingerprint density at radius 2 is 1.92 bits per heavy atom. The maximum atomic E-state index is 12.4. The highest BCUT2D eigenvalue weighted by Crippen LogP contribution is 2.44. The second-order valence-corrected chi connectivity index (χ2v) is 9.29. The van der Waals surface area contributed by atoms with Gasteiger partial charge in [-0.25, -0.2) is 8.42 Å². The minimum Gasteiger partial charge on any atom is -0.481 e. The Kier molecular flexibility index (Phi) is 4.95. The van der Waals surface area contributed by atoms with Crippen molar-refractivity contribution in [2.24, 2.45) is 11.8 Å². The van der Waals surface area contributed by atoms with E-state index in [4.69, 9.17) is 4.74 Å². The van der Waals surface area contributed by atoms with Gasteiger partial charge in [-0.15, -0.1) is 0 Å². The first-order chi connectivity index (χ1) is 11.7. The Hall–Kier alpha value is -1.76. The summed E-state index contributed by atoms with van der Waals surface area (Å²) in [7, 11) is -1.80. The molecular weight excluding hydrogens is 340 g/mol. The lowest BCUT2D eigenvalue weighted by Crippen LogP contribution is -2.44. The van der Waals surface area contributed by atoms with E-state index >= 15 is 0 Å². The SMILES string of the molecule is CC(Oc1ccc(N(C)S(C)(=O)=O)cc1)C(=O)NC1CC2CCC1C2. The lowest BCUT2D eigenvalue weighted by molar-refractivity contribution is -0.128. The van der Waals surface area contributed by atoms with Crippen LogP contribution in [0.5, 0.6) is 5.75 Å². The zero-order chi connectivity index (χ0) is 18.2. The summed E-state index contributed by atoms with van der Waals surface area (Å²) in [5, 5.41) is 3.13. The molecule has 2 bridgehead atoms. The van der Waals surface area contributed by atoms with Crippen LogP contribution in [0, 0.1) is 11.8 Å². The standard InChI is InChI=1S/C18H26N2O4S/c1-12(18(21)19-17-11-13-4-5-14(17)10-13)24-16-8-6-15(7-9-16)20(2)25(3,22)23/h6-9,12-14,17H,4-5,10-11H2,1-3H3,(H,19,21). The Bertz CT molecular complexity index is 732. The van der Waals surface area contributed by atoms with Crippen molar-refractivity contribution < 1.29 is 17.9 Å². The number of ether oxygens (including phenoxy) is 1. The number of anilines is 1. The van der Waals surface area contributed by atoms with Crippen molar-refractivity contribution in [3.8, 4) is 5.75 Å². The molecule has 4 atom stereocenters. The van der Waals surface area contributed by atoms with E-state index < -0.39 is 16.1 Å². The fourth-order valence-electron chi connectivity index (χ4n) is 3.91. The van der Waals surface area contributed by atoms with Crippen LogP contribution < -0.4 is 14.4 Å². The third-order valence-corrected chi connectivity index (χ3v) is 6.65.